The number of alkyl carbamates (subject to hydrolysis) is 1. The van der Waals surface area contributed by atoms with Gasteiger partial charge in [0.05, 0.1) is 13.2 Å². The lowest BCUT2D eigenvalue weighted by Gasteiger charge is -2.27. The molecule has 1 aliphatic rings. The number of carbonyl (C=O) groups excluding carboxylic acids is 1. The van der Waals surface area contributed by atoms with Gasteiger partial charge in [0.2, 0.25) is 0 Å². The zero-order valence-electron chi connectivity index (χ0n) is 11.0. The fourth-order valence-corrected chi connectivity index (χ4v) is 1.62. The van der Waals surface area contributed by atoms with Crippen molar-refractivity contribution in [2.75, 3.05) is 13.2 Å². The third kappa shape index (κ3) is 5.03. The van der Waals surface area contributed by atoms with Crippen LogP contribution in [-0.2, 0) is 9.47 Å². The highest BCUT2D eigenvalue weighted by Crippen LogP contribution is 2.15. The van der Waals surface area contributed by atoms with E-state index in [1.54, 1.807) is 26.8 Å². The number of nitrogens with one attached hydrogen (secondary N) is 1. The molecule has 0 aromatic heterocycles. The molecule has 0 saturated carbocycles. The molecule has 104 valence electrons. The van der Waals surface area contributed by atoms with E-state index in [9.17, 15) is 15.0 Å². The van der Waals surface area contributed by atoms with Crippen molar-refractivity contribution in [1.29, 1.82) is 0 Å². The number of amides is 1. The van der Waals surface area contributed by atoms with Gasteiger partial charge < -0.3 is 25.0 Å². The summed E-state index contributed by atoms with van der Waals surface area (Å²) in [6.07, 6.45) is -0.0434. The Morgan fingerprint density at radius 1 is 1.50 bits per heavy atom. The van der Waals surface area contributed by atoms with Gasteiger partial charge in [-0.1, -0.05) is 6.08 Å². The molecule has 18 heavy (non-hydrogen) atoms. The molecule has 0 fully saturated rings. The van der Waals surface area contributed by atoms with Gasteiger partial charge in [-0.25, -0.2) is 4.79 Å². The summed E-state index contributed by atoms with van der Waals surface area (Å²) < 4.78 is 10.2. The standard InChI is InChI=1S/C12H21NO5/c1-12(2,3)18-11(16)13-9(10(14)15)8-4-6-17-7-5-8/h4,9-10,14-15H,5-7H2,1-3H3,(H,13,16). The minimum absolute atomic E-state index is 0.411. The molecule has 3 N–H and O–H groups in total. The van der Waals surface area contributed by atoms with Crippen LogP contribution in [0.2, 0.25) is 0 Å². The highest BCUT2D eigenvalue weighted by Gasteiger charge is 2.26. The van der Waals surface area contributed by atoms with Crippen molar-refractivity contribution in [2.45, 2.75) is 45.1 Å². The Kier molecular flexibility index (Phi) is 5.13. The van der Waals surface area contributed by atoms with Crippen LogP contribution in [0.4, 0.5) is 4.79 Å². The fraction of sp³-hybridized carbons (Fsp3) is 0.750. The summed E-state index contributed by atoms with van der Waals surface area (Å²) >= 11 is 0. The number of aliphatic hydroxyl groups is 2. The van der Waals surface area contributed by atoms with Gasteiger partial charge in [0.1, 0.15) is 11.6 Å². The molecular formula is C12H21NO5. The first-order chi connectivity index (χ1) is 8.29. The average molecular weight is 259 g/mol. The molecule has 0 aliphatic carbocycles. The van der Waals surface area contributed by atoms with E-state index in [2.05, 4.69) is 5.32 Å². The number of hydrogen-bond acceptors (Lipinski definition) is 5. The van der Waals surface area contributed by atoms with Gasteiger partial charge in [0.15, 0.2) is 6.29 Å². The van der Waals surface area contributed by atoms with E-state index in [4.69, 9.17) is 9.47 Å². The van der Waals surface area contributed by atoms with Crippen LogP contribution >= 0.6 is 0 Å². The zero-order valence-corrected chi connectivity index (χ0v) is 11.0. The third-order valence-electron chi connectivity index (χ3n) is 2.37. The SMILES string of the molecule is CC(C)(C)OC(=O)NC(C1=CCOCC1)C(O)O. The average Bonchev–Trinajstić information content (AvgIpc) is 2.24. The Balaban J connectivity index is 2.63. The fourth-order valence-electron chi connectivity index (χ4n) is 1.62. The maximum atomic E-state index is 11.6. The lowest BCUT2D eigenvalue weighted by atomic mass is 10.0. The van der Waals surface area contributed by atoms with Crippen molar-refractivity contribution in [2.24, 2.45) is 0 Å². The van der Waals surface area contributed by atoms with E-state index in [1.807, 2.05) is 0 Å². The summed E-state index contributed by atoms with van der Waals surface area (Å²) in [7, 11) is 0. The van der Waals surface area contributed by atoms with E-state index in [0.717, 1.165) is 5.57 Å². The lowest BCUT2D eigenvalue weighted by molar-refractivity contribution is -0.0614. The Morgan fingerprint density at radius 2 is 2.17 bits per heavy atom. The van der Waals surface area contributed by atoms with Crippen LogP contribution in [-0.4, -0.2) is 47.5 Å². The second kappa shape index (κ2) is 6.17. The van der Waals surface area contributed by atoms with E-state index in [-0.39, 0.29) is 0 Å². The molecule has 1 aliphatic heterocycles. The van der Waals surface area contributed by atoms with Crippen LogP contribution < -0.4 is 5.32 Å². The van der Waals surface area contributed by atoms with Gasteiger partial charge in [0.25, 0.3) is 0 Å². The molecule has 0 bridgehead atoms. The predicted octanol–water partition coefficient (Wildman–Crippen LogP) is 0.537. The number of aliphatic hydroxyl groups excluding tert-OH is 1. The van der Waals surface area contributed by atoms with Crippen LogP contribution in [0.5, 0.6) is 0 Å². The first kappa shape index (κ1) is 14.9. The van der Waals surface area contributed by atoms with Crippen molar-refractivity contribution >= 4 is 6.09 Å². The monoisotopic (exact) mass is 259 g/mol. The van der Waals surface area contributed by atoms with Crippen LogP contribution in [0.25, 0.3) is 0 Å². The minimum Gasteiger partial charge on any atom is -0.444 e. The molecule has 0 aromatic carbocycles. The first-order valence-corrected chi connectivity index (χ1v) is 5.92. The van der Waals surface area contributed by atoms with E-state index in [1.165, 1.54) is 0 Å². The highest BCUT2D eigenvalue weighted by molar-refractivity contribution is 5.68. The largest absolute Gasteiger partial charge is 0.444 e. The lowest BCUT2D eigenvalue weighted by Crippen LogP contribution is -2.47. The van der Waals surface area contributed by atoms with Crippen molar-refractivity contribution < 1.29 is 24.5 Å². The second-order valence-corrected chi connectivity index (χ2v) is 5.14. The Morgan fingerprint density at radius 3 is 2.61 bits per heavy atom. The van der Waals surface area contributed by atoms with Gasteiger partial charge >= 0.3 is 6.09 Å². The maximum absolute atomic E-state index is 11.6. The Bertz CT molecular complexity index is 319. The number of carbonyl (C=O) groups is 1. The Hall–Kier alpha value is -1.11. The number of ether oxygens (including phenoxy) is 2. The third-order valence-corrected chi connectivity index (χ3v) is 2.37. The molecule has 0 saturated heterocycles. The molecule has 0 radical (unpaired) electrons. The minimum atomic E-state index is -1.66. The predicted molar refractivity (Wildman–Crippen MR) is 64.9 cm³/mol. The molecule has 0 aromatic rings. The van der Waals surface area contributed by atoms with Gasteiger partial charge in [-0.3, -0.25) is 0 Å². The smallest absolute Gasteiger partial charge is 0.408 e. The summed E-state index contributed by atoms with van der Waals surface area (Å²) in [6, 6.07) is -0.858. The summed E-state index contributed by atoms with van der Waals surface area (Å²) in [5, 5.41) is 21.1. The topological polar surface area (TPSA) is 88.0 Å². The van der Waals surface area contributed by atoms with Gasteiger partial charge in [0, 0.05) is 0 Å². The van der Waals surface area contributed by atoms with E-state index in [0.29, 0.717) is 19.6 Å². The van der Waals surface area contributed by atoms with Crippen LogP contribution in [0.3, 0.4) is 0 Å². The number of rotatable bonds is 3. The van der Waals surface area contributed by atoms with Crippen molar-refractivity contribution in [3.8, 4) is 0 Å². The summed E-state index contributed by atoms with van der Waals surface area (Å²) in [4.78, 5) is 11.6. The van der Waals surface area contributed by atoms with E-state index >= 15 is 0 Å². The Labute approximate surface area is 107 Å². The van der Waals surface area contributed by atoms with Crippen LogP contribution in [0.1, 0.15) is 27.2 Å². The van der Waals surface area contributed by atoms with Gasteiger partial charge in [-0.2, -0.15) is 0 Å². The molecular weight excluding hydrogens is 238 g/mol. The molecule has 1 amide bonds. The molecule has 1 heterocycles. The summed E-state index contributed by atoms with van der Waals surface area (Å²) in [5.74, 6) is 0. The molecule has 6 heteroatoms. The molecule has 0 spiro atoms. The maximum Gasteiger partial charge on any atom is 0.408 e. The zero-order chi connectivity index (χ0) is 13.8. The second-order valence-electron chi connectivity index (χ2n) is 5.14. The molecule has 1 rings (SSSR count). The molecule has 1 unspecified atom stereocenters. The van der Waals surface area contributed by atoms with Crippen molar-refractivity contribution in [1.82, 2.24) is 5.32 Å². The summed E-state index contributed by atoms with van der Waals surface area (Å²) in [6.45, 7) is 6.14. The van der Waals surface area contributed by atoms with Gasteiger partial charge in [-0.15, -0.1) is 0 Å². The van der Waals surface area contributed by atoms with Crippen LogP contribution in [0.15, 0.2) is 11.6 Å². The quantitative estimate of drug-likeness (QED) is 0.508. The van der Waals surface area contributed by atoms with Crippen LogP contribution in [0, 0.1) is 0 Å². The van der Waals surface area contributed by atoms with Crippen molar-refractivity contribution in [3.05, 3.63) is 11.6 Å². The normalized spacial score (nSPS) is 18.2. The first-order valence-electron chi connectivity index (χ1n) is 5.92. The van der Waals surface area contributed by atoms with Gasteiger partial charge in [-0.05, 0) is 32.8 Å². The molecule has 6 nitrogen and oxygen atoms in total. The summed E-state index contributed by atoms with van der Waals surface area (Å²) in [5.41, 5.74) is 0.112. The van der Waals surface area contributed by atoms with Crippen molar-refractivity contribution in [3.63, 3.8) is 0 Å². The number of hydrogen-bond donors (Lipinski definition) is 3. The highest BCUT2D eigenvalue weighted by atomic mass is 16.6. The molecule has 1 atom stereocenters. The van der Waals surface area contributed by atoms with E-state index < -0.39 is 24.0 Å².